The third-order valence-electron chi connectivity index (χ3n) is 2.34. The molecular weight excluding hydrogens is 246 g/mol. The van der Waals surface area contributed by atoms with Crippen LogP contribution in [0.4, 0.5) is 0 Å². The number of carbonyl (C=O) groups excluding carboxylic acids is 1. The number of aryl methyl sites for hydroxylation is 1. The van der Waals surface area contributed by atoms with E-state index in [0.29, 0.717) is 11.6 Å². The van der Waals surface area contributed by atoms with E-state index in [4.69, 9.17) is 25.5 Å². The third kappa shape index (κ3) is 3.73. The zero-order valence-electron chi connectivity index (χ0n) is 10.1. The smallest absolute Gasteiger partial charge is 0.287 e. The molecule has 1 amide bonds. The van der Waals surface area contributed by atoms with Crippen LogP contribution < -0.4 is 5.32 Å². The number of ether oxygens (including phenoxy) is 2. The molecule has 0 unspecified atom stereocenters. The number of alkyl halides is 1. The van der Waals surface area contributed by atoms with Gasteiger partial charge in [0, 0.05) is 19.8 Å². The van der Waals surface area contributed by atoms with Crippen molar-refractivity contribution in [3.8, 4) is 0 Å². The van der Waals surface area contributed by atoms with Crippen molar-refractivity contribution in [1.82, 2.24) is 5.32 Å². The van der Waals surface area contributed by atoms with E-state index in [1.54, 1.807) is 13.0 Å². The number of amides is 1. The molecule has 0 aliphatic heterocycles. The molecule has 96 valence electrons. The second kappa shape index (κ2) is 6.64. The van der Waals surface area contributed by atoms with Crippen LogP contribution in [0.1, 0.15) is 21.9 Å². The Balaban J connectivity index is 2.57. The highest BCUT2D eigenvalue weighted by atomic mass is 35.5. The molecule has 0 saturated heterocycles. The summed E-state index contributed by atoms with van der Waals surface area (Å²) in [6.07, 6.45) is -0.470. The number of nitrogens with one attached hydrogen (secondary N) is 1. The highest BCUT2D eigenvalue weighted by molar-refractivity contribution is 6.17. The summed E-state index contributed by atoms with van der Waals surface area (Å²) in [5.74, 6) is 0.898. The minimum Gasteiger partial charge on any atom is -0.456 e. The molecule has 0 aliphatic rings. The molecule has 0 bridgehead atoms. The van der Waals surface area contributed by atoms with Crippen LogP contribution in [-0.4, -0.2) is 33.0 Å². The Kier molecular flexibility index (Phi) is 5.47. The van der Waals surface area contributed by atoms with Crippen molar-refractivity contribution in [3.63, 3.8) is 0 Å². The van der Waals surface area contributed by atoms with Gasteiger partial charge in [-0.3, -0.25) is 4.79 Å². The number of carbonyl (C=O) groups is 1. The van der Waals surface area contributed by atoms with Gasteiger partial charge in [0.15, 0.2) is 12.1 Å². The molecule has 1 rings (SSSR count). The van der Waals surface area contributed by atoms with Crippen LogP contribution in [0.15, 0.2) is 10.5 Å². The molecule has 1 N–H and O–H groups in total. The minimum atomic E-state index is -0.470. The van der Waals surface area contributed by atoms with Crippen molar-refractivity contribution in [2.75, 3.05) is 20.8 Å². The normalized spacial score (nSPS) is 10.9. The van der Waals surface area contributed by atoms with Gasteiger partial charge in [-0.1, -0.05) is 0 Å². The maximum atomic E-state index is 11.7. The summed E-state index contributed by atoms with van der Waals surface area (Å²) in [4.78, 5) is 11.7. The van der Waals surface area contributed by atoms with Gasteiger partial charge >= 0.3 is 0 Å². The molecular formula is C11H16ClNO4. The first-order valence-electron chi connectivity index (χ1n) is 5.11. The largest absolute Gasteiger partial charge is 0.456 e. The third-order valence-corrected chi connectivity index (χ3v) is 2.63. The summed E-state index contributed by atoms with van der Waals surface area (Å²) in [6, 6.07) is 1.63. The first-order valence-corrected chi connectivity index (χ1v) is 5.64. The van der Waals surface area contributed by atoms with E-state index in [9.17, 15) is 4.79 Å². The van der Waals surface area contributed by atoms with Gasteiger partial charge in [0.2, 0.25) is 0 Å². The standard InChI is InChI=1S/C11H16ClNO4/c1-7-8(5-12)4-9(17-7)11(14)13-6-10(15-2)16-3/h4,10H,5-6H2,1-3H3,(H,13,14). The molecule has 6 heteroatoms. The molecule has 0 fully saturated rings. The zero-order chi connectivity index (χ0) is 12.8. The number of methoxy groups -OCH3 is 2. The molecule has 5 nitrogen and oxygen atoms in total. The Morgan fingerprint density at radius 2 is 2.18 bits per heavy atom. The Labute approximate surface area is 105 Å². The Morgan fingerprint density at radius 3 is 2.65 bits per heavy atom. The molecule has 1 aromatic rings. The van der Waals surface area contributed by atoms with Gasteiger partial charge in [-0.05, 0) is 13.0 Å². The van der Waals surface area contributed by atoms with Gasteiger partial charge in [-0.15, -0.1) is 11.6 Å². The second-order valence-corrected chi connectivity index (χ2v) is 3.70. The van der Waals surface area contributed by atoms with Crippen molar-refractivity contribution < 1.29 is 18.7 Å². The predicted octanol–water partition coefficient (Wildman–Crippen LogP) is 1.68. The van der Waals surface area contributed by atoms with Crippen molar-refractivity contribution in [3.05, 3.63) is 23.2 Å². The average Bonchev–Trinajstić information content (AvgIpc) is 2.71. The Hall–Kier alpha value is -1.04. The van der Waals surface area contributed by atoms with Gasteiger partial charge in [-0.2, -0.15) is 0 Å². The summed E-state index contributed by atoms with van der Waals surface area (Å²) in [5.41, 5.74) is 0.812. The highest BCUT2D eigenvalue weighted by Crippen LogP contribution is 2.16. The first kappa shape index (κ1) is 14.0. The van der Waals surface area contributed by atoms with Crippen LogP contribution in [0.25, 0.3) is 0 Å². The van der Waals surface area contributed by atoms with Gasteiger partial charge in [0.1, 0.15) is 5.76 Å². The Bertz CT molecular complexity index is 374. The van der Waals surface area contributed by atoms with Crippen LogP contribution in [-0.2, 0) is 15.4 Å². The molecule has 17 heavy (non-hydrogen) atoms. The van der Waals surface area contributed by atoms with Crippen LogP contribution in [0.2, 0.25) is 0 Å². The number of rotatable bonds is 6. The van der Waals surface area contributed by atoms with E-state index in [1.807, 2.05) is 0 Å². The van der Waals surface area contributed by atoms with Gasteiger partial charge < -0.3 is 19.2 Å². The summed E-state index contributed by atoms with van der Waals surface area (Å²) in [7, 11) is 3.01. The second-order valence-electron chi connectivity index (χ2n) is 3.44. The summed E-state index contributed by atoms with van der Waals surface area (Å²) in [5, 5.41) is 2.64. The molecule has 0 aliphatic carbocycles. The first-order chi connectivity index (χ1) is 8.12. The molecule has 0 spiro atoms. The van der Waals surface area contributed by atoms with Crippen molar-refractivity contribution in [1.29, 1.82) is 0 Å². The average molecular weight is 262 g/mol. The monoisotopic (exact) mass is 261 g/mol. The topological polar surface area (TPSA) is 60.7 Å². The van der Waals surface area contributed by atoms with E-state index in [-0.39, 0.29) is 18.2 Å². The summed E-state index contributed by atoms with van der Waals surface area (Å²) in [6.45, 7) is 2.02. The van der Waals surface area contributed by atoms with Crippen LogP contribution in [0.5, 0.6) is 0 Å². The van der Waals surface area contributed by atoms with Crippen molar-refractivity contribution >= 4 is 17.5 Å². The summed E-state index contributed by atoms with van der Waals surface area (Å²) >= 11 is 5.69. The van der Waals surface area contributed by atoms with Gasteiger partial charge in [0.05, 0.1) is 12.4 Å². The van der Waals surface area contributed by atoms with Crippen LogP contribution in [0.3, 0.4) is 0 Å². The fraction of sp³-hybridized carbons (Fsp3) is 0.545. The summed E-state index contributed by atoms with van der Waals surface area (Å²) < 4.78 is 15.2. The molecule has 0 atom stereocenters. The Morgan fingerprint density at radius 1 is 1.53 bits per heavy atom. The molecule has 1 aromatic heterocycles. The lowest BCUT2D eigenvalue weighted by Gasteiger charge is -2.13. The number of hydrogen-bond acceptors (Lipinski definition) is 4. The van der Waals surface area contributed by atoms with Gasteiger partial charge in [0.25, 0.3) is 5.91 Å². The van der Waals surface area contributed by atoms with Crippen molar-refractivity contribution in [2.24, 2.45) is 0 Å². The van der Waals surface area contributed by atoms with Gasteiger partial charge in [-0.25, -0.2) is 0 Å². The molecule has 0 radical (unpaired) electrons. The van der Waals surface area contributed by atoms with E-state index in [1.165, 1.54) is 14.2 Å². The van der Waals surface area contributed by atoms with E-state index in [2.05, 4.69) is 5.32 Å². The van der Waals surface area contributed by atoms with Crippen LogP contribution in [0, 0.1) is 6.92 Å². The lowest BCUT2D eigenvalue weighted by atomic mass is 10.3. The maximum absolute atomic E-state index is 11.7. The lowest BCUT2D eigenvalue weighted by Crippen LogP contribution is -2.33. The fourth-order valence-electron chi connectivity index (χ4n) is 1.29. The van der Waals surface area contributed by atoms with Crippen molar-refractivity contribution in [2.45, 2.75) is 19.1 Å². The highest BCUT2D eigenvalue weighted by Gasteiger charge is 2.15. The zero-order valence-corrected chi connectivity index (χ0v) is 10.8. The number of furan rings is 1. The van der Waals surface area contributed by atoms with E-state index in [0.717, 1.165) is 5.56 Å². The number of halogens is 1. The maximum Gasteiger partial charge on any atom is 0.287 e. The number of hydrogen-bond donors (Lipinski definition) is 1. The van der Waals surface area contributed by atoms with E-state index >= 15 is 0 Å². The SMILES string of the molecule is COC(CNC(=O)c1cc(CCl)c(C)o1)OC. The lowest BCUT2D eigenvalue weighted by molar-refractivity contribution is -0.0975. The minimum absolute atomic E-state index is 0.240. The fourth-order valence-corrected chi connectivity index (χ4v) is 1.56. The molecule has 1 heterocycles. The van der Waals surface area contributed by atoms with Crippen LogP contribution >= 0.6 is 11.6 Å². The molecule has 0 aromatic carbocycles. The quantitative estimate of drug-likeness (QED) is 0.625. The molecule has 0 saturated carbocycles. The predicted molar refractivity (Wildman–Crippen MR) is 63.1 cm³/mol. The van der Waals surface area contributed by atoms with E-state index < -0.39 is 6.29 Å².